The first-order valence-corrected chi connectivity index (χ1v) is 6.13. The minimum absolute atomic E-state index is 0.159. The highest BCUT2D eigenvalue weighted by Crippen LogP contribution is 2.25. The van der Waals surface area contributed by atoms with Crippen molar-refractivity contribution in [2.24, 2.45) is 0 Å². The lowest BCUT2D eigenvalue weighted by Crippen LogP contribution is -1.81. The summed E-state index contributed by atoms with van der Waals surface area (Å²) < 4.78 is 0. The first kappa shape index (κ1) is 12.1. The number of H-pyrrole nitrogens is 1. The van der Waals surface area contributed by atoms with Crippen molar-refractivity contribution >= 4 is 12.2 Å². The molecule has 0 saturated carbocycles. The van der Waals surface area contributed by atoms with Crippen molar-refractivity contribution < 1.29 is 5.11 Å². The zero-order valence-electron chi connectivity index (χ0n) is 10.6. The van der Waals surface area contributed by atoms with Crippen molar-refractivity contribution in [1.29, 1.82) is 0 Å². The van der Waals surface area contributed by atoms with E-state index in [0.29, 0.717) is 17.2 Å². The Morgan fingerprint density at radius 1 is 1.00 bits per heavy atom. The van der Waals surface area contributed by atoms with Crippen LogP contribution in [0.2, 0.25) is 0 Å². The molecule has 5 nitrogen and oxygen atoms in total. The van der Waals surface area contributed by atoms with E-state index in [4.69, 9.17) is 0 Å². The van der Waals surface area contributed by atoms with Gasteiger partial charge < -0.3 is 5.11 Å². The van der Waals surface area contributed by atoms with Gasteiger partial charge in [-0.05, 0) is 36.4 Å². The molecular weight excluding hydrogens is 252 g/mol. The molecule has 1 aromatic carbocycles. The highest BCUT2D eigenvalue weighted by molar-refractivity contribution is 5.67. The molecule has 0 radical (unpaired) electrons. The van der Waals surface area contributed by atoms with E-state index in [1.165, 1.54) is 0 Å². The van der Waals surface area contributed by atoms with Crippen LogP contribution in [0.5, 0.6) is 5.75 Å². The first-order chi connectivity index (χ1) is 9.83. The minimum Gasteiger partial charge on any atom is -0.507 e. The second kappa shape index (κ2) is 5.36. The second-order valence-corrected chi connectivity index (χ2v) is 4.15. The number of benzene rings is 1. The van der Waals surface area contributed by atoms with Crippen molar-refractivity contribution in [1.82, 2.24) is 20.2 Å². The van der Waals surface area contributed by atoms with Crippen LogP contribution in [-0.4, -0.2) is 25.3 Å². The normalized spacial score (nSPS) is 11.0. The fraction of sp³-hybridized carbons (Fsp3) is 0. The molecule has 2 N–H and O–H groups in total. The van der Waals surface area contributed by atoms with Gasteiger partial charge in [0, 0.05) is 6.20 Å². The van der Waals surface area contributed by atoms with E-state index in [1.54, 1.807) is 30.5 Å². The van der Waals surface area contributed by atoms with E-state index in [-0.39, 0.29) is 5.75 Å². The smallest absolute Gasteiger partial charge is 0.185 e. The number of hydrogen-bond donors (Lipinski definition) is 2. The van der Waals surface area contributed by atoms with Gasteiger partial charge in [-0.25, -0.2) is 4.98 Å². The Labute approximate surface area is 115 Å². The maximum atomic E-state index is 9.76. The van der Waals surface area contributed by atoms with Gasteiger partial charge in [0.15, 0.2) is 5.82 Å². The van der Waals surface area contributed by atoms with E-state index in [2.05, 4.69) is 20.2 Å². The molecule has 0 aliphatic rings. The van der Waals surface area contributed by atoms with Crippen LogP contribution in [0.15, 0.2) is 48.7 Å². The number of para-hydroxylation sites is 1. The Morgan fingerprint density at radius 3 is 2.65 bits per heavy atom. The van der Waals surface area contributed by atoms with E-state index < -0.39 is 0 Å². The summed E-state index contributed by atoms with van der Waals surface area (Å²) in [6.07, 6.45) is 5.36. The molecule has 0 unspecified atom stereocenters. The highest BCUT2D eigenvalue weighted by Gasteiger charge is 2.08. The Morgan fingerprint density at radius 2 is 1.85 bits per heavy atom. The van der Waals surface area contributed by atoms with E-state index in [0.717, 1.165) is 5.69 Å². The van der Waals surface area contributed by atoms with Gasteiger partial charge in [-0.3, -0.25) is 10.1 Å². The van der Waals surface area contributed by atoms with Crippen LogP contribution in [0, 0.1) is 0 Å². The Balaban J connectivity index is 1.85. The van der Waals surface area contributed by atoms with E-state index in [9.17, 15) is 5.11 Å². The molecule has 20 heavy (non-hydrogen) atoms. The molecule has 0 aliphatic heterocycles. The molecule has 5 heteroatoms. The van der Waals surface area contributed by atoms with Crippen molar-refractivity contribution in [3.05, 3.63) is 60.2 Å². The number of nitrogens with zero attached hydrogens (tertiary/aromatic N) is 3. The van der Waals surface area contributed by atoms with E-state index >= 15 is 0 Å². The quantitative estimate of drug-likeness (QED) is 0.762. The van der Waals surface area contributed by atoms with Crippen LogP contribution in [0.1, 0.15) is 11.5 Å². The Bertz CT molecular complexity index is 734. The number of aromatic hydroxyl groups is 1. The van der Waals surface area contributed by atoms with Gasteiger partial charge in [0.05, 0.1) is 11.3 Å². The van der Waals surface area contributed by atoms with Crippen molar-refractivity contribution in [3.8, 4) is 17.1 Å². The molecule has 2 aromatic heterocycles. The van der Waals surface area contributed by atoms with Gasteiger partial charge in [0.2, 0.25) is 0 Å². The van der Waals surface area contributed by atoms with Crippen LogP contribution >= 0.6 is 0 Å². The SMILES string of the molecule is Oc1ccccc1-c1n[nH]c(C=Cc2ccccn2)n1. The van der Waals surface area contributed by atoms with Crippen molar-refractivity contribution in [2.45, 2.75) is 0 Å². The summed E-state index contributed by atoms with van der Waals surface area (Å²) in [7, 11) is 0. The fourth-order valence-corrected chi connectivity index (χ4v) is 1.77. The summed E-state index contributed by atoms with van der Waals surface area (Å²) in [5.41, 5.74) is 1.44. The third kappa shape index (κ3) is 2.56. The van der Waals surface area contributed by atoms with Crippen molar-refractivity contribution in [3.63, 3.8) is 0 Å². The number of hydrogen-bond acceptors (Lipinski definition) is 4. The maximum Gasteiger partial charge on any atom is 0.185 e. The number of nitrogens with one attached hydrogen (secondary N) is 1. The predicted molar refractivity (Wildman–Crippen MR) is 76.6 cm³/mol. The molecule has 3 aromatic rings. The maximum absolute atomic E-state index is 9.76. The second-order valence-electron chi connectivity index (χ2n) is 4.15. The lowest BCUT2D eigenvalue weighted by molar-refractivity contribution is 0.477. The summed E-state index contributed by atoms with van der Waals surface area (Å²) in [5, 5.41) is 16.7. The number of aromatic amines is 1. The minimum atomic E-state index is 0.159. The van der Waals surface area contributed by atoms with Gasteiger partial charge in [0.25, 0.3) is 0 Å². The summed E-state index contributed by atoms with van der Waals surface area (Å²) in [6.45, 7) is 0. The number of pyridine rings is 1. The zero-order valence-corrected chi connectivity index (χ0v) is 10.6. The number of phenols is 1. The molecule has 2 heterocycles. The van der Waals surface area contributed by atoms with Crippen molar-refractivity contribution in [2.75, 3.05) is 0 Å². The lowest BCUT2D eigenvalue weighted by Gasteiger charge is -1.97. The monoisotopic (exact) mass is 264 g/mol. The van der Waals surface area contributed by atoms with Crippen LogP contribution in [0.25, 0.3) is 23.5 Å². The number of aromatic nitrogens is 4. The molecule has 3 rings (SSSR count). The predicted octanol–water partition coefficient (Wildman–Crippen LogP) is 2.74. The van der Waals surface area contributed by atoms with Crippen LogP contribution in [0.4, 0.5) is 0 Å². The molecular formula is C15H12N4O. The van der Waals surface area contributed by atoms with Crippen LogP contribution < -0.4 is 0 Å². The third-order valence-electron chi connectivity index (χ3n) is 2.75. The Kier molecular flexibility index (Phi) is 3.24. The summed E-state index contributed by atoms with van der Waals surface area (Å²) >= 11 is 0. The molecule has 98 valence electrons. The molecule has 0 fully saturated rings. The summed E-state index contributed by atoms with van der Waals surface area (Å²) in [4.78, 5) is 8.50. The number of phenolic OH excluding ortho intramolecular Hbond substituents is 1. The van der Waals surface area contributed by atoms with Gasteiger partial charge in [0.1, 0.15) is 11.6 Å². The standard InChI is InChI=1S/C15H12N4O/c20-13-7-2-1-6-12(13)15-17-14(18-19-15)9-8-11-5-3-4-10-16-11/h1-10,20H,(H,17,18,19). The third-order valence-corrected chi connectivity index (χ3v) is 2.75. The lowest BCUT2D eigenvalue weighted by atomic mass is 10.2. The summed E-state index contributed by atoms with van der Waals surface area (Å²) in [5.74, 6) is 1.23. The molecule has 0 aliphatic carbocycles. The fourth-order valence-electron chi connectivity index (χ4n) is 1.77. The molecule has 0 atom stereocenters. The van der Waals surface area contributed by atoms with Gasteiger partial charge in [-0.2, -0.15) is 5.10 Å². The molecule has 0 saturated heterocycles. The van der Waals surface area contributed by atoms with Crippen LogP contribution in [0.3, 0.4) is 0 Å². The highest BCUT2D eigenvalue weighted by atomic mass is 16.3. The van der Waals surface area contributed by atoms with Crippen LogP contribution in [-0.2, 0) is 0 Å². The Hall–Kier alpha value is -2.95. The largest absolute Gasteiger partial charge is 0.507 e. The molecule has 0 amide bonds. The molecule has 0 bridgehead atoms. The van der Waals surface area contributed by atoms with Gasteiger partial charge in [-0.1, -0.05) is 18.2 Å². The topological polar surface area (TPSA) is 74.7 Å². The number of rotatable bonds is 3. The first-order valence-electron chi connectivity index (χ1n) is 6.13. The average Bonchev–Trinajstić information content (AvgIpc) is 2.95. The summed E-state index contributed by atoms with van der Waals surface area (Å²) in [6, 6.07) is 12.6. The zero-order chi connectivity index (χ0) is 13.8. The van der Waals surface area contributed by atoms with E-state index in [1.807, 2.05) is 30.3 Å². The molecule has 0 spiro atoms. The average molecular weight is 264 g/mol. The van der Waals surface area contributed by atoms with Gasteiger partial charge >= 0.3 is 0 Å². The van der Waals surface area contributed by atoms with Gasteiger partial charge in [-0.15, -0.1) is 0 Å².